The molecule has 0 heterocycles. The summed E-state index contributed by atoms with van der Waals surface area (Å²) < 4.78 is 34.2. The van der Waals surface area contributed by atoms with Gasteiger partial charge in [-0.2, -0.15) is 0 Å². The summed E-state index contributed by atoms with van der Waals surface area (Å²) in [5.74, 6) is -0.402. The van der Waals surface area contributed by atoms with Crippen molar-refractivity contribution in [3.8, 4) is 5.75 Å². The summed E-state index contributed by atoms with van der Waals surface area (Å²) in [5, 5.41) is 3.76. The van der Waals surface area contributed by atoms with Crippen LogP contribution in [-0.4, -0.2) is 50.9 Å². The topological polar surface area (TPSA) is 96.0 Å². The van der Waals surface area contributed by atoms with Gasteiger partial charge in [0.05, 0.1) is 17.7 Å². The van der Waals surface area contributed by atoms with Crippen molar-refractivity contribution in [2.45, 2.75) is 69.5 Å². The second kappa shape index (κ2) is 14.5. The second-order valence-corrected chi connectivity index (χ2v) is 13.4. The van der Waals surface area contributed by atoms with Gasteiger partial charge in [0, 0.05) is 28.2 Å². The number of rotatable bonds is 11. The van der Waals surface area contributed by atoms with Gasteiger partial charge >= 0.3 is 0 Å². The van der Waals surface area contributed by atoms with Crippen LogP contribution in [0.1, 0.15) is 50.2 Å². The number of sulfonamides is 1. The van der Waals surface area contributed by atoms with Gasteiger partial charge in [0.2, 0.25) is 11.8 Å². The second-order valence-electron chi connectivity index (χ2n) is 10.8. The Morgan fingerprint density at radius 3 is 2.14 bits per heavy atom. The third-order valence-corrected chi connectivity index (χ3v) is 10.3. The van der Waals surface area contributed by atoms with Gasteiger partial charge in [0.25, 0.3) is 10.0 Å². The van der Waals surface area contributed by atoms with Crippen molar-refractivity contribution in [1.82, 2.24) is 10.2 Å². The number of benzene rings is 3. The van der Waals surface area contributed by atoms with Gasteiger partial charge in [-0.05, 0) is 75.2 Å². The molecule has 1 saturated carbocycles. The van der Waals surface area contributed by atoms with Gasteiger partial charge in [-0.3, -0.25) is 13.9 Å². The fraction of sp³-hybridized carbons (Fsp3) is 0.375. The molecule has 0 radical (unpaired) electrons. The summed E-state index contributed by atoms with van der Waals surface area (Å²) in [6.07, 6.45) is 4.96. The lowest BCUT2D eigenvalue weighted by Crippen LogP contribution is -2.53. The summed E-state index contributed by atoms with van der Waals surface area (Å²) in [6.45, 7) is 2.88. The van der Waals surface area contributed by atoms with E-state index in [1.54, 1.807) is 61.5 Å². The van der Waals surface area contributed by atoms with Gasteiger partial charge < -0.3 is 15.0 Å². The minimum atomic E-state index is -4.20. The minimum absolute atomic E-state index is 0.00883. The third kappa shape index (κ3) is 8.02. The molecule has 3 aromatic carbocycles. The molecule has 11 heteroatoms. The number of amides is 2. The molecular formula is C32H37Cl2N3O5S. The summed E-state index contributed by atoms with van der Waals surface area (Å²) in [7, 11) is -2.71. The Morgan fingerprint density at radius 2 is 1.56 bits per heavy atom. The summed E-state index contributed by atoms with van der Waals surface area (Å²) in [5.41, 5.74) is 1.71. The van der Waals surface area contributed by atoms with Crippen LogP contribution in [0.3, 0.4) is 0 Å². The van der Waals surface area contributed by atoms with Crippen LogP contribution in [0.25, 0.3) is 0 Å². The highest BCUT2D eigenvalue weighted by molar-refractivity contribution is 7.92. The Kier molecular flexibility index (Phi) is 11.0. The minimum Gasteiger partial charge on any atom is -0.497 e. The number of carbonyl (C=O) groups excluding carboxylic acids is 2. The first-order valence-electron chi connectivity index (χ1n) is 14.3. The molecule has 0 aromatic heterocycles. The first-order valence-corrected chi connectivity index (χ1v) is 16.5. The molecule has 0 bridgehead atoms. The van der Waals surface area contributed by atoms with Crippen LogP contribution in [0.2, 0.25) is 10.0 Å². The van der Waals surface area contributed by atoms with E-state index in [-0.39, 0.29) is 23.4 Å². The molecule has 0 saturated heterocycles. The Balaban J connectivity index is 1.70. The van der Waals surface area contributed by atoms with E-state index < -0.39 is 28.5 Å². The fourth-order valence-corrected chi connectivity index (χ4v) is 7.05. The van der Waals surface area contributed by atoms with E-state index in [4.69, 9.17) is 27.9 Å². The van der Waals surface area contributed by atoms with E-state index in [1.807, 2.05) is 6.92 Å². The van der Waals surface area contributed by atoms with Crippen molar-refractivity contribution in [2.75, 3.05) is 18.0 Å². The number of aryl methyl sites for hydroxylation is 1. The monoisotopic (exact) mass is 645 g/mol. The number of hydrogen-bond acceptors (Lipinski definition) is 5. The largest absolute Gasteiger partial charge is 0.497 e. The first-order chi connectivity index (χ1) is 20.5. The average Bonchev–Trinajstić information content (AvgIpc) is 3.00. The van der Waals surface area contributed by atoms with Gasteiger partial charge in [0.15, 0.2) is 0 Å². The normalized spacial score (nSPS) is 14.5. The molecule has 4 rings (SSSR count). The molecule has 230 valence electrons. The van der Waals surface area contributed by atoms with Crippen molar-refractivity contribution >= 4 is 50.7 Å². The van der Waals surface area contributed by atoms with Crippen molar-refractivity contribution in [3.05, 3.63) is 87.9 Å². The standard InChI is InChI=1S/C32H37Cl2N3O5S/c1-22-12-14-25(15-13-22)37(43(40,41)27-18-16-26(42-3)17-19-27)21-31(38)36(20-28-29(33)10-7-11-30(28)34)23(2)32(39)35-24-8-5-4-6-9-24/h7,10-19,23-24H,4-6,8-9,20-21H2,1-3H3,(H,35,39)/t23-/m0/s1. The number of nitrogens with zero attached hydrogens (tertiary/aromatic N) is 2. The Hall–Kier alpha value is -3.27. The molecular weight excluding hydrogens is 609 g/mol. The third-order valence-electron chi connectivity index (χ3n) is 7.76. The van der Waals surface area contributed by atoms with E-state index in [1.165, 1.54) is 24.1 Å². The SMILES string of the molecule is COc1ccc(S(=O)(=O)N(CC(=O)N(Cc2c(Cl)cccc2Cl)[C@@H](C)C(=O)NC2CCCCC2)c2ccc(C)cc2)cc1. The molecule has 0 aliphatic heterocycles. The summed E-state index contributed by atoms with van der Waals surface area (Å²) >= 11 is 12.9. The number of ether oxygens (including phenoxy) is 1. The summed E-state index contributed by atoms with van der Waals surface area (Å²) in [4.78, 5) is 29.0. The highest BCUT2D eigenvalue weighted by Gasteiger charge is 2.34. The molecule has 1 aliphatic carbocycles. The number of nitrogens with one attached hydrogen (secondary N) is 1. The molecule has 1 aliphatic rings. The zero-order valence-electron chi connectivity index (χ0n) is 24.6. The maximum atomic E-state index is 14.2. The number of carbonyl (C=O) groups is 2. The van der Waals surface area contributed by atoms with E-state index >= 15 is 0 Å². The number of anilines is 1. The predicted octanol–water partition coefficient (Wildman–Crippen LogP) is 6.37. The molecule has 0 spiro atoms. The Labute approximate surface area is 264 Å². The highest BCUT2D eigenvalue weighted by atomic mass is 35.5. The number of halogens is 2. The van der Waals surface area contributed by atoms with Crippen molar-refractivity contribution in [2.24, 2.45) is 0 Å². The van der Waals surface area contributed by atoms with Crippen LogP contribution < -0.4 is 14.4 Å². The van der Waals surface area contributed by atoms with E-state index in [0.29, 0.717) is 27.0 Å². The van der Waals surface area contributed by atoms with Gasteiger partial charge in [0.1, 0.15) is 18.3 Å². The molecule has 1 N–H and O–H groups in total. The smallest absolute Gasteiger partial charge is 0.264 e. The van der Waals surface area contributed by atoms with Gasteiger partial charge in [-0.1, -0.05) is 66.2 Å². The van der Waals surface area contributed by atoms with Crippen LogP contribution in [0.15, 0.2) is 71.6 Å². The Bertz CT molecular complexity index is 1510. The van der Waals surface area contributed by atoms with Crippen LogP contribution in [-0.2, 0) is 26.2 Å². The zero-order chi connectivity index (χ0) is 31.1. The lowest BCUT2D eigenvalue weighted by Gasteiger charge is -2.33. The lowest BCUT2D eigenvalue weighted by molar-refractivity contribution is -0.139. The maximum absolute atomic E-state index is 14.2. The number of hydrogen-bond donors (Lipinski definition) is 1. The summed E-state index contributed by atoms with van der Waals surface area (Å²) in [6, 6.07) is 16.9. The first kappa shape index (κ1) is 32.6. The zero-order valence-corrected chi connectivity index (χ0v) is 26.9. The van der Waals surface area contributed by atoms with Crippen LogP contribution in [0.5, 0.6) is 5.75 Å². The van der Waals surface area contributed by atoms with Crippen LogP contribution >= 0.6 is 23.2 Å². The molecule has 8 nitrogen and oxygen atoms in total. The van der Waals surface area contributed by atoms with E-state index in [9.17, 15) is 18.0 Å². The Morgan fingerprint density at radius 1 is 0.953 bits per heavy atom. The van der Waals surface area contributed by atoms with Gasteiger partial charge in [-0.15, -0.1) is 0 Å². The number of methoxy groups -OCH3 is 1. The van der Waals surface area contributed by atoms with Crippen molar-refractivity contribution in [3.63, 3.8) is 0 Å². The molecule has 1 atom stereocenters. The average molecular weight is 647 g/mol. The molecule has 43 heavy (non-hydrogen) atoms. The lowest BCUT2D eigenvalue weighted by atomic mass is 9.95. The maximum Gasteiger partial charge on any atom is 0.264 e. The van der Waals surface area contributed by atoms with Crippen molar-refractivity contribution < 1.29 is 22.7 Å². The van der Waals surface area contributed by atoms with Crippen molar-refractivity contribution in [1.29, 1.82) is 0 Å². The quantitative estimate of drug-likeness (QED) is 0.261. The van der Waals surface area contributed by atoms with Crippen LogP contribution in [0.4, 0.5) is 5.69 Å². The highest BCUT2D eigenvalue weighted by Crippen LogP contribution is 2.29. The molecule has 1 fully saturated rings. The van der Waals surface area contributed by atoms with Crippen LogP contribution in [0, 0.1) is 6.92 Å². The molecule has 0 unspecified atom stereocenters. The molecule has 2 amide bonds. The van der Waals surface area contributed by atoms with Gasteiger partial charge in [-0.25, -0.2) is 8.42 Å². The predicted molar refractivity (Wildman–Crippen MR) is 170 cm³/mol. The molecule has 3 aromatic rings. The van der Waals surface area contributed by atoms with E-state index in [0.717, 1.165) is 42.0 Å². The fourth-order valence-electron chi connectivity index (χ4n) is 5.12. The van der Waals surface area contributed by atoms with E-state index in [2.05, 4.69) is 5.32 Å².